The van der Waals surface area contributed by atoms with Crippen LogP contribution in [0.2, 0.25) is 0 Å². The third kappa shape index (κ3) is 2.93. The van der Waals surface area contributed by atoms with Crippen LogP contribution in [0, 0.1) is 5.92 Å². The number of carbonyl (C=O) groups excluding carboxylic acids is 1. The minimum absolute atomic E-state index is 0.140. The third-order valence-electron chi connectivity index (χ3n) is 7.41. The number of likely N-dealkylation sites (tertiary alicyclic amines) is 1. The molecule has 1 aromatic heterocycles. The fraction of sp³-hybridized carbons (Fsp3) is 0.714. The monoisotopic (exact) mass is 370 g/mol. The van der Waals surface area contributed by atoms with E-state index in [-0.39, 0.29) is 11.4 Å². The molecule has 1 amide bonds. The lowest BCUT2D eigenvalue weighted by molar-refractivity contribution is -0.0222. The first kappa shape index (κ1) is 17.4. The summed E-state index contributed by atoms with van der Waals surface area (Å²) in [5.74, 6) is 1.78. The second-order valence-electron chi connectivity index (χ2n) is 8.84. The van der Waals surface area contributed by atoms with E-state index in [1.807, 2.05) is 18.3 Å². The summed E-state index contributed by atoms with van der Waals surface area (Å²) in [6.45, 7) is 5.42. The van der Waals surface area contributed by atoms with Gasteiger partial charge in [0.05, 0.1) is 5.56 Å². The quantitative estimate of drug-likeness (QED) is 0.797. The van der Waals surface area contributed by atoms with E-state index >= 15 is 0 Å². The summed E-state index contributed by atoms with van der Waals surface area (Å²) in [5, 5.41) is 0. The van der Waals surface area contributed by atoms with Crippen molar-refractivity contribution in [1.82, 2.24) is 14.8 Å². The van der Waals surface area contributed by atoms with Gasteiger partial charge in [-0.1, -0.05) is 0 Å². The molecule has 3 saturated heterocycles. The van der Waals surface area contributed by atoms with E-state index in [4.69, 9.17) is 4.74 Å². The van der Waals surface area contributed by atoms with Gasteiger partial charge in [0, 0.05) is 57.2 Å². The lowest BCUT2D eigenvalue weighted by Crippen LogP contribution is -2.63. The van der Waals surface area contributed by atoms with Crippen molar-refractivity contribution in [3.63, 3.8) is 0 Å². The summed E-state index contributed by atoms with van der Waals surface area (Å²) in [4.78, 5) is 25.0. The van der Waals surface area contributed by atoms with Gasteiger partial charge in [0.25, 0.3) is 5.91 Å². The van der Waals surface area contributed by atoms with Crippen LogP contribution in [0.1, 0.15) is 42.5 Å². The summed E-state index contributed by atoms with van der Waals surface area (Å²) in [6.07, 6.45) is 7.58. The van der Waals surface area contributed by atoms with Crippen LogP contribution in [-0.2, 0) is 4.74 Å². The molecule has 4 fully saturated rings. The van der Waals surface area contributed by atoms with Crippen LogP contribution in [-0.4, -0.2) is 78.7 Å². The number of pyridine rings is 1. The number of hydrogen-bond acceptors (Lipinski definition) is 5. The minimum Gasteiger partial charge on any atom is -0.381 e. The van der Waals surface area contributed by atoms with E-state index < -0.39 is 0 Å². The van der Waals surface area contributed by atoms with Crippen molar-refractivity contribution in [2.75, 3.05) is 51.3 Å². The summed E-state index contributed by atoms with van der Waals surface area (Å²) in [6, 6.07) is 4.33. The molecule has 1 saturated carbocycles. The molecule has 4 heterocycles. The van der Waals surface area contributed by atoms with Gasteiger partial charge < -0.3 is 14.5 Å². The second kappa shape index (κ2) is 6.74. The normalized spacial score (nSPS) is 30.3. The lowest BCUT2D eigenvalue weighted by atomic mass is 9.86. The Morgan fingerprint density at radius 3 is 2.85 bits per heavy atom. The minimum atomic E-state index is 0.140. The molecule has 2 atom stereocenters. The molecule has 0 aromatic carbocycles. The number of amides is 1. The Balaban J connectivity index is 1.41. The van der Waals surface area contributed by atoms with Crippen LogP contribution in [0.15, 0.2) is 18.3 Å². The molecule has 4 aliphatic rings. The molecule has 6 nitrogen and oxygen atoms in total. The summed E-state index contributed by atoms with van der Waals surface area (Å²) in [7, 11) is 2.23. The second-order valence-corrected chi connectivity index (χ2v) is 8.84. The number of likely N-dealkylation sites (N-methyl/N-ethyl adjacent to an activating group) is 1. The molecule has 2 bridgehead atoms. The van der Waals surface area contributed by atoms with E-state index in [9.17, 15) is 4.79 Å². The molecule has 0 N–H and O–H groups in total. The average Bonchev–Trinajstić information content (AvgIpc) is 3.34. The van der Waals surface area contributed by atoms with E-state index in [0.717, 1.165) is 63.6 Å². The maximum absolute atomic E-state index is 13.4. The highest BCUT2D eigenvalue weighted by Gasteiger charge is 2.44. The Hall–Kier alpha value is -1.66. The van der Waals surface area contributed by atoms with Crippen molar-refractivity contribution < 1.29 is 9.53 Å². The smallest absolute Gasteiger partial charge is 0.257 e. The van der Waals surface area contributed by atoms with Gasteiger partial charge in [-0.3, -0.25) is 9.69 Å². The van der Waals surface area contributed by atoms with Crippen LogP contribution >= 0.6 is 0 Å². The predicted molar refractivity (Wildman–Crippen MR) is 104 cm³/mol. The third-order valence-corrected chi connectivity index (χ3v) is 7.41. The molecule has 0 unspecified atom stereocenters. The Bertz CT molecular complexity index is 718. The number of fused-ring (bicyclic) bond motifs is 2. The van der Waals surface area contributed by atoms with Crippen molar-refractivity contribution in [1.29, 1.82) is 0 Å². The number of aromatic nitrogens is 1. The lowest BCUT2D eigenvalue weighted by Gasteiger charge is -2.51. The van der Waals surface area contributed by atoms with Gasteiger partial charge >= 0.3 is 0 Å². The van der Waals surface area contributed by atoms with Crippen LogP contribution in [0.3, 0.4) is 0 Å². The van der Waals surface area contributed by atoms with Crippen molar-refractivity contribution in [2.45, 2.75) is 43.7 Å². The largest absolute Gasteiger partial charge is 0.381 e. The van der Waals surface area contributed by atoms with Gasteiger partial charge in [-0.05, 0) is 57.2 Å². The Morgan fingerprint density at radius 1 is 1.26 bits per heavy atom. The SMILES string of the molecule is CN1CCN(c2ncccc2C(=O)N2C[C@H]3CC[C@@H]2C3)CC12CCOCC2. The summed E-state index contributed by atoms with van der Waals surface area (Å²) in [5.41, 5.74) is 0.929. The molecule has 1 aliphatic carbocycles. The van der Waals surface area contributed by atoms with Gasteiger partial charge in [-0.15, -0.1) is 0 Å². The fourth-order valence-electron chi connectivity index (χ4n) is 5.68. The Kier molecular flexibility index (Phi) is 4.36. The van der Waals surface area contributed by atoms with Crippen molar-refractivity contribution in [3.8, 4) is 0 Å². The van der Waals surface area contributed by atoms with Crippen molar-refractivity contribution in [2.24, 2.45) is 5.92 Å². The van der Waals surface area contributed by atoms with Gasteiger partial charge in [-0.25, -0.2) is 4.98 Å². The van der Waals surface area contributed by atoms with E-state index in [0.29, 0.717) is 12.0 Å². The van der Waals surface area contributed by atoms with Crippen LogP contribution in [0.5, 0.6) is 0 Å². The molecule has 1 aromatic rings. The number of piperidine rings is 1. The first-order chi connectivity index (χ1) is 13.2. The number of ether oxygens (including phenoxy) is 1. The first-order valence-corrected chi connectivity index (χ1v) is 10.5. The Morgan fingerprint density at radius 2 is 2.11 bits per heavy atom. The molecular formula is C21H30N4O2. The predicted octanol–water partition coefficient (Wildman–Crippen LogP) is 2.01. The topological polar surface area (TPSA) is 48.9 Å². The highest BCUT2D eigenvalue weighted by Crippen LogP contribution is 2.39. The highest BCUT2D eigenvalue weighted by molar-refractivity contribution is 5.99. The number of anilines is 1. The van der Waals surface area contributed by atoms with E-state index in [1.165, 1.54) is 19.3 Å². The molecule has 5 rings (SSSR count). The highest BCUT2D eigenvalue weighted by atomic mass is 16.5. The van der Waals surface area contributed by atoms with Crippen LogP contribution < -0.4 is 4.90 Å². The van der Waals surface area contributed by atoms with Crippen molar-refractivity contribution >= 4 is 11.7 Å². The van der Waals surface area contributed by atoms with Gasteiger partial charge in [-0.2, -0.15) is 0 Å². The van der Waals surface area contributed by atoms with E-state index in [2.05, 4.69) is 26.7 Å². The standard InChI is InChI=1S/C21H30N4O2/c1-23-9-10-24(15-21(23)6-11-27-12-7-21)19-18(3-2-8-22-19)20(26)25-14-16-4-5-17(25)13-16/h2-3,8,16-17H,4-7,9-15H2,1H3/t16-,17+/m0/s1. The maximum atomic E-state index is 13.4. The van der Waals surface area contributed by atoms with Crippen LogP contribution in [0.25, 0.3) is 0 Å². The molecule has 6 heteroatoms. The zero-order valence-electron chi connectivity index (χ0n) is 16.3. The molecule has 0 radical (unpaired) electrons. The summed E-state index contributed by atoms with van der Waals surface area (Å²) >= 11 is 0. The Labute approximate surface area is 161 Å². The van der Waals surface area contributed by atoms with Crippen LogP contribution in [0.4, 0.5) is 5.82 Å². The molecule has 1 spiro atoms. The molecule has 146 valence electrons. The number of rotatable bonds is 2. The first-order valence-electron chi connectivity index (χ1n) is 10.5. The molecular weight excluding hydrogens is 340 g/mol. The summed E-state index contributed by atoms with van der Waals surface area (Å²) < 4.78 is 5.62. The molecule has 3 aliphatic heterocycles. The molecule has 27 heavy (non-hydrogen) atoms. The number of hydrogen-bond donors (Lipinski definition) is 0. The van der Waals surface area contributed by atoms with E-state index in [1.54, 1.807) is 0 Å². The number of piperazine rings is 1. The number of nitrogens with zero attached hydrogens (tertiary/aromatic N) is 4. The van der Waals surface area contributed by atoms with Gasteiger partial charge in [0.15, 0.2) is 0 Å². The van der Waals surface area contributed by atoms with Gasteiger partial charge in [0.1, 0.15) is 5.82 Å². The number of carbonyl (C=O) groups is 1. The zero-order valence-corrected chi connectivity index (χ0v) is 16.3. The van der Waals surface area contributed by atoms with Crippen molar-refractivity contribution in [3.05, 3.63) is 23.9 Å². The zero-order chi connectivity index (χ0) is 18.4. The maximum Gasteiger partial charge on any atom is 0.257 e. The average molecular weight is 370 g/mol. The van der Waals surface area contributed by atoms with Gasteiger partial charge in [0.2, 0.25) is 0 Å². The fourth-order valence-corrected chi connectivity index (χ4v) is 5.68.